The monoisotopic (exact) mass is 316 g/mol. The third kappa shape index (κ3) is 4.70. The summed E-state index contributed by atoms with van der Waals surface area (Å²) < 4.78 is 0. The molecule has 0 spiro atoms. The maximum absolute atomic E-state index is 11.9. The molecule has 2 aromatic rings. The summed E-state index contributed by atoms with van der Waals surface area (Å²) in [5.41, 5.74) is 3.69. The molecule has 1 aromatic heterocycles. The zero-order valence-corrected chi connectivity index (χ0v) is 13.6. The lowest BCUT2D eigenvalue weighted by Crippen LogP contribution is -2.25. The summed E-state index contributed by atoms with van der Waals surface area (Å²) in [6.07, 6.45) is 1.00. The highest BCUT2D eigenvalue weighted by molar-refractivity contribution is 7.08. The van der Waals surface area contributed by atoms with E-state index in [1.807, 2.05) is 42.8 Å². The van der Waals surface area contributed by atoms with Crippen LogP contribution in [0.5, 0.6) is 0 Å². The lowest BCUT2D eigenvalue weighted by molar-refractivity contribution is -0.116. The third-order valence-electron chi connectivity index (χ3n) is 3.32. The van der Waals surface area contributed by atoms with Gasteiger partial charge in [0.05, 0.1) is 0 Å². The molecule has 0 saturated heterocycles. The van der Waals surface area contributed by atoms with E-state index < -0.39 is 0 Å². The molecule has 2 amide bonds. The van der Waals surface area contributed by atoms with E-state index in [1.54, 1.807) is 6.07 Å². The van der Waals surface area contributed by atoms with E-state index >= 15 is 0 Å². The second-order valence-electron chi connectivity index (χ2n) is 5.24. The summed E-state index contributed by atoms with van der Waals surface area (Å²) >= 11 is 1.49. The first kappa shape index (κ1) is 16.2. The fraction of sp³-hybridized carbons (Fsp3) is 0.294. The van der Waals surface area contributed by atoms with E-state index in [9.17, 15) is 9.59 Å². The number of hydrogen-bond acceptors (Lipinski definition) is 3. The van der Waals surface area contributed by atoms with Crippen molar-refractivity contribution in [2.45, 2.75) is 26.7 Å². The first-order chi connectivity index (χ1) is 10.6. The van der Waals surface area contributed by atoms with Crippen molar-refractivity contribution in [3.63, 3.8) is 0 Å². The molecule has 4 nitrogen and oxygen atoms in total. The smallest absolute Gasteiger partial charge is 0.252 e. The van der Waals surface area contributed by atoms with E-state index in [0.717, 1.165) is 16.8 Å². The standard InChI is InChI=1S/C17H20N2O2S/c1-12-5-6-13(2)15(10-12)19-16(20)4-3-8-18-17(21)14-7-9-22-11-14/h5-7,9-11H,3-4,8H2,1-2H3,(H,18,21)(H,19,20). The molecule has 0 radical (unpaired) electrons. The molecule has 0 aliphatic rings. The number of hydrogen-bond donors (Lipinski definition) is 2. The molecule has 0 saturated carbocycles. The van der Waals surface area contributed by atoms with Crippen molar-refractivity contribution in [2.75, 3.05) is 11.9 Å². The van der Waals surface area contributed by atoms with Gasteiger partial charge in [0.15, 0.2) is 0 Å². The number of aryl methyl sites for hydroxylation is 2. The normalized spacial score (nSPS) is 10.3. The lowest BCUT2D eigenvalue weighted by Gasteiger charge is -2.09. The van der Waals surface area contributed by atoms with E-state index in [-0.39, 0.29) is 11.8 Å². The van der Waals surface area contributed by atoms with Gasteiger partial charge in [-0.15, -0.1) is 0 Å². The minimum Gasteiger partial charge on any atom is -0.352 e. The Morgan fingerprint density at radius 1 is 1.18 bits per heavy atom. The predicted octanol–water partition coefficient (Wildman–Crippen LogP) is 3.51. The van der Waals surface area contributed by atoms with Crippen LogP contribution in [0.25, 0.3) is 0 Å². The van der Waals surface area contributed by atoms with Crippen LogP contribution in [-0.4, -0.2) is 18.4 Å². The Morgan fingerprint density at radius 3 is 2.73 bits per heavy atom. The zero-order chi connectivity index (χ0) is 15.9. The van der Waals surface area contributed by atoms with Crippen molar-refractivity contribution >= 4 is 28.8 Å². The van der Waals surface area contributed by atoms with Crippen molar-refractivity contribution in [3.8, 4) is 0 Å². The molecule has 0 atom stereocenters. The number of rotatable bonds is 6. The summed E-state index contributed by atoms with van der Waals surface area (Å²) in [7, 11) is 0. The van der Waals surface area contributed by atoms with Crippen LogP contribution in [0.15, 0.2) is 35.0 Å². The Bertz CT molecular complexity index is 651. The van der Waals surface area contributed by atoms with Crippen molar-refractivity contribution < 1.29 is 9.59 Å². The van der Waals surface area contributed by atoms with E-state index in [1.165, 1.54) is 11.3 Å². The molecule has 116 valence electrons. The molecule has 0 fully saturated rings. The zero-order valence-electron chi connectivity index (χ0n) is 12.8. The fourth-order valence-corrected chi connectivity index (χ4v) is 2.67. The first-order valence-corrected chi connectivity index (χ1v) is 8.18. The van der Waals surface area contributed by atoms with Crippen LogP contribution < -0.4 is 10.6 Å². The summed E-state index contributed by atoms with van der Waals surface area (Å²) in [6.45, 7) is 4.46. The van der Waals surface area contributed by atoms with Gasteiger partial charge in [-0.05, 0) is 48.9 Å². The highest BCUT2D eigenvalue weighted by Gasteiger charge is 2.07. The van der Waals surface area contributed by atoms with Crippen LogP contribution in [0.3, 0.4) is 0 Å². The number of carbonyl (C=O) groups is 2. The van der Waals surface area contributed by atoms with Crippen LogP contribution in [0, 0.1) is 13.8 Å². The van der Waals surface area contributed by atoms with Gasteiger partial charge in [0, 0.05) is 29.6 Å². The van der Waals surface area contributed by atoms with Crippen molar-refractivity contribution in [1.29, 1.82) is 0 Å². The van der Waals surface area contributed by atoms with Gasteiger partial charge in [-0.2, -0.15) is 11.3 Å². The maximum Gasteiger partial charge on any atom is 0.252 e. The number of benzene rings is 1. The lowest BCUT2D eigenvalue weighted by atomic mass is 10.1. The molecule has 1 aromatic carbocycles. The van der Waals surface area contributed by atoms with Gasteiger partial charge in [-0.3, -0.25) is 9.59 Å². The van der Waals surface area contributed by atoms with Crippen LogP contribution >= 0.6 is 11.3 Å². The Labute approximate surface area is 134 Å². The molecular weight excluding hydrogens is 296 g/mol. The Balaban J connectivity index is 1.72. The quantitative estimate of drug-likeness (QED) is 0.801. The maximum atomic E-state index is 11.9. The van der Waals surface area contributed by atoms with Gasteiger partial charge in [-0.1, -0.05) is 12.1 Å². The second-order valence-corrected chi connectivity index (χ2v) is 6.02. The summed E-state index contributed by atoms with van der Waals surface area (Å²) in [6, 6.07) is 7.76. The summed E-state index contributed by atoms with van der Waals surface area (Å²) in [5, 5.41) is 9.40. The molecule has 2 rings (SSSR count). The molecule has 5 heteroatoms. The number of carbonyl (C=O) groups excluding carboxylic acids is 2. The van der Waals surface area contributed by atoms with Gasteiger partial charge in [0.25, 0.3) is 5.91 Å². The van der Waals surface area contributed by atoms with E-state index in [4.69, 9.17) is 0 Å². The topological polar surface area (TPSA) is 58.2 Å². The van der Waals surface area contributed by atoms with Crippen molar-refractivity contribution in [1.82, 2.24) is 5.32 Å². The van der Waals surface area contributed by atoms with Gasteiger partial charge in [0.2, 0.25) is 5.91 Å². The number of nitrogens with one attached hydrogen (secondary N) is 2. The van der Waals surface area contributed by atoms with Crippen LogP contribution in [0.2, 0.25) is 0 Å². The first-order valence-electron chi connectivity index (χ1n) is 7.24. The van der Waals surface area contributed by atoms with E-state index in [0.29, 0.717) is 24.9 Å². The minimum absolute atomic E-state index is 0.0292. The van der Waals surface area contributed by atoms with E-state index in [2.05, 4.69) is 10.6 Å². The third-order valence-corrected chi connectivity index (χ3v) is 4.00. The molecule has 22 heavy (non-hydrogen) atoms. The second kappa shape index (κ2) is 7.75. The average Bonchev–Trinajstić information content (AvgIpc) is 3.01. The summed E-state index contributed by atoms with van der Waals surface area (Å²) in [5.74, 6) is -0.116. The molecule has 1 heterocycles. The highest BCUT2D eigenvalue weighted by Crippen LogP contribution is 2.16. The fourth-order valence-electron chi connectivity index (χ4n) is 2.03. The Kier molecular flexibility index (Phi) is 5.72. The Morgan fingerprint density at radius 2 is 2.00 bits per heavy atom. The SMILES string of the molecule is Cc1ccc(C)c(NC(=O)CCCNC(=O)c2ccsc2)c1. The molecule has 0 bridgehead atoms. The van der Waals surface area contributed by atoms with Crippen LogP contribution in [0.4, 0.5) is 5.69 Å². The molecule has 0 unspecified atom stereocenters. The van der Waals surface area contributed by atoms with Crippen molar-refractivity contribution in [3.05, 3.63) is 51.7 Å². The molecule has 0 aliphatic carbocycles. The van der Waals surface area contributed by atoms with Crippen LogP contribution in [-0.2, 0) is 4.79 Å². The Hall–Kier alpha value is -2.14. The number of thiophene rings is 1. The average molecular weight is 316 g/mol. The van der Waals surface area contributed by atoms with Crippen LogP contribution in [0.1, 0.15) is 34.3 Å². The number of anilines is 1. The predicted molar refractivity (Wildman–Crippen MR) is 90.4 cm³/mol. The summed E-state index contributed by atoms with van der Waals surface area (Å²) in [4.78, 5) is 23.6. The minimum atomic E-state index is -0.0869. The van der Waals surface area contributed by atoms with Gasteiger partial charge >= 0.3 is 0 Å². The largest absolute Gasteiger partial charge is 0.352 e. The van der Waals surface area contributed by atoms with Gasteiger partial charge in [-0.25, -0.2) is 0 Å². The molecular formula is C17H20N2O2S. The number of amides is 2. The van der Waals surface area contributed by atoms with Crippen molar-refractivity contribution in [2.24, 2.45) is 0 Å². The van der Waals surface area contributed by atoms with Gasteiger partial charge < -0.3 is 10.6 Å². The van der Waals surface area contributed by atoms with Gasteiger partial charge in [0.1, 0.15) is 0 Å². The molecule has 0 aliphatic heterocycles. The molecule has 2 N–H and O–H groups in total. The highest BCUT2D eigenvalue weighted by atomic mass is 32.1.